The SMILES string of the molecule is CC1CC(C(=O)Nc2ncc(-c3ccc4cnc(Cl)cc4c3)s2)CC(C)O1. The highest BCUT2D eigenvalue weighted by Crippen LogP contribution is 2.32. The van der Waals surface area contributed by atoms with Crippen LogP contribution < -0.4 is 5.32 Å². The van der Waals surface area contributed by atoms with Crippen molar-refractivity contribution < 1.29 is 9.53 Å². The predicted octanol–water partition coefficient (Wildman–Crippen LogP) is 5.15. The van der Waals surface area contributed by atoms with Crippen molar-refractivity contribution in [1.29, 1.82) is 0 Å². The van der Waals surface area contributed by atoms with E-state index in [0.29, 0.717) is 10.3 Å². The van der Waals surface area contributed by atoms with Crippen molar-refractivity contribution in [1.82, 2.24) is 9.97 Å². The highest BCUT2D eigenvalue weighted by atomic mass is 35.5. The van der Waals surface area contributed by atoms with E-state index in [9.17, 15) is 4.79 Å². The van der Waals surface area contributed by atoms with Crippen molar-refractivity contribution in [2.75, 3.05) is 5.32 Å². The number of ether oxygens (including phenoxy) is 1. The van der Waals surface area contributed by atoms with E-state index in [4.69, 9.17) is 16.3 Å². The first-order chi connectivity index (χ1) is 13.0. The molecule has 140 valence electrons. The molecule has 1 aliphatic rings. The van der Waals surface area contributed by atoms with E-state index in [1.165, 1.54) is 11.3 Å². The van der Waals surface area contributed by atoms with Crippen LogP contribution in [0, 0.1) is 5.92 Å². The summed E-state index contributed by atoms with van der Waals surface area (Å²) in [7, 11) is 0. The highest BCUT2D eigenvalue weighted by molar-refractivity contribution is 7.19. The number of pyridine rings is 1. The standard InChI is InChI=1S/C20H20ClN3O2S/c1-11-5-16(6-12(2)26-11)19(25)24-20-23-10-17(27-20)13-3-4-14-9-22-18(21)8-15(14)7-13/h3-4,7-12,16H,5-6H2,1-2H3,(H,23,24,25). The second-order valence-corrected chi connectivity index (χ2v) is 8.43. The summed E-state index contributed by atoms with van der Waals surface area (Å²) in [5, 5.41) is 6.12. The lowest BCUT2D eigenvalue weighted by Crippen LogP contribution is -2.35. The molecule has 0 bridgehead atoms. The average Bonchev–Trinajstić information content (AvgIpc) is 3.08. The lowest BCUT2D eigenvalue weighted by molar-refractivity contribution is -0.127. The molecule has 27 heavy (non-hydrogen) atoms. The van der Waals surface area contributed by atoms with E-state index < -0.39 is 0 Å². The fourth-order valence-electron chi connectivity index (χ4n) is 3.56. The normalized spacial score (nSPS) is 22.7. The van der Waals surface area contributed by atoms with Gasteiger partial charge in [-0.05, 0) is 49.8 Å². The molecule has 4 rings (SSSR count). The van der Waals surface area contributed by atoms with Gasteiger partial charge in [-0.1, -0.05) is 35.1 Å². The largest absolute Gasteiger partial charge is 0.376 e. The number of carbonyl (C=O) groups excluding carboxylic acids is 1. The van der Waals surface area contributed by atoms with E-state index >= 15 is 0 Å². The van der Waals surface area contributed by atoms with Crippen molar-refractivity contribution in [2.24, 2.45) is 5.92 Å². The number of aromatic nitrogens is 2. The molecule has 1 N–H and O–H groups in total. The van der Waals surface area contributed by atoms with Crippen LogP contribution in [-0.2, 0) is 9.53 Å². The Balaban J connectivity index is 1.51. The average molecular weight is 402 g/mol. The van der Waals surface area contributed by atoms with Crippen LogP contribution in [0.2, 0.25) is 5.15 Å². The first-order valence-electron chi connectivity index (χ1n) is 8.96. The highest BCUT2D eigenvalue weighted by Gasteiger charge is 2.30. The minimum Gasteiger partial charge on any atom is -0.376 e. The lowest BCUT2D eigenvalue weighted by atomic mass is 9.92. The van der Waals surface area contributed by atoms with Crippen molar-refractivity contribution >= 4 is 44.7 Å². The molecule has 2 unspecified atom stereocenters. The summed E-state index contributed by atoms with van der Waals surface area (Å²) in [6, 6.07) is 7.94. The van der Waals surface area contributed by atoms with Gasteiger partial charge in [0.15, 0.2) is 5.13 Å². The first kappa shape index (κ1) is 18.3. The summed E-state index contributed by atoms with van der Waals surface area (Å²) >= 11 is 7.47. The zero-order valence-electron chi connectivity index (χ0n) is 15.1. The molecule has 1 aromatic carbocycles. The van der Waals surface area contributed by atoms with Crippen LogP contribution in [0.3, 0.4) is 0 Å². The third-order valence-corrected chi connectivity index (χ3v) is 5.95. The smallest absolute Gasteiger partial charge is 0.229 e. The van der Waals surface area contributed by atoms with Crippen LogP contribution in [0.15, 0.2) is 36.7 Å². The third-order valence-electron chi connectivity index (χ3n) is 4.78. The van der Waals surface area contributed by atoms with Crippen LogP contribution in [0.1, 0.15) is 26.7 Å². The Morgan fingerprint density at radius 3 is 2.70 bits per heavy atom. The molecular formula is C20H20ClN3O2S. The number of nitrogens with one attached hydrogen (secondary N) is 1. The number of hydrogen-bond acceptors (Lipinski definition) is 5. The Bertz CT molecular complexity index is 980. The van der Waals surface area contributed by atoms with E-state index in [1.54, 1.807) is 12.4 Å². The zero-order chi connectivity index (χ0) is 19.0. The second kappa shape index (κ2) is 7.54. The number of thiazole rings is 1. The van der Waals surface area contributed by atoms with Gasteiger partial charge in [0.1, 0.15) is 5.15 Å². The van der Waals surface area contributed by atoms with Crippen LogP contribution in [0.25, 0.3) is 21.2 Å². The Hall–Kier alpha value is -2.02. The Morgan fingerprint density at radius 1 is 1.15 bits per heavy atom. The molecule has 2 atom stereocenters. The van der Waals surface area contributed by atoms with Gasteiger partial charge in [0, 0.05) is 23.7 Å². The van der Waals surface area contributed by atoms with E-state index in [-0.39, 0.29) is 24.0 Å². The second-order valence-electron chi connectivity index (χ2n) is 7.01. The molecule has 1 fully saturated rings. The van der Waals surface area contributed by atoms with Crippen molar-refractivity contribution in [3.8, 4) is 10.4 Å². The van der Waals surface area contributed by atoms with Gasteiger partial charge in [-0.2, -0.15) is 0 Å². The maximum atomic E-state index is 12.6. The number of hydrogen-bond donors (Lipinski definition) is 1. The summed E-state index contributed by atoms with van der Waals surface area (Å²) in [6.45, 7) is 4.03. The lowest BCUT2D eigenvalue weighted by Gasteiger charge is -2.30. The summed E-state index contributed by atoms with van der Waals surface area (Å²) < 4.78 is 5.72. The van der Waals surface area contributed by atoms with Crippen molar-refractivity contribution in [2.45, 2.75) is 38.9 Å². The molecule has 0 spiro atoms. The molecule has 1 saturated heterocycles. The third kappa shape index (κ3) is 4.13. The van der Waals surface area contributed by atoms with E-state index in [2.05, 4.69) is 21.4 Å². The molecule has 0 radical (unpaired) electrons. The Morgan fingerprint density at radius 2 is 1.93 bits per heavy atom. The number of benzene rings is 1. The molecule has 5 nitrogen and oxygen atoms in total. The predicted molar refractivity (Wildman–Crippen MR) is 109 cm³/mol. The Labute approximate surface area is 166 Å². The quantitative estimate of drug-likeness (QED) is 0.616. The number of amides is 1. The van der Waals surface area contributed by atoms with Gasteiger partial charge in [0.05, 0.1) is 17.1 Å². The molecule has 0 aliphatic carbocycles. The number of rotatable bonds is 3. The molecule has 3 aromatic rings. The molecule has 1 amide bonds. The fourth-order valence-corrected chi connectivity index (χ4v) is 4.54. The zero-order valence-corrected chi connectivity index (χ0v) is 16.7. The van der Waals surface area contributed by atoms with Crippen LogP contribution in [0.5, 0.6) is 0 Å². The maximum absolute atomic E-state index is 12.6. The van der Waals surface area contributed by atoms with Crippen molar-refractivity contribution in [3.63, 3.8) is 0 Å². The maximum Gasteiger partial charge on any atom is 0.229 e. The van der Waals surface area contributed by atoms with Crippen LogP contribution >= 0.6 is 22.9 Å². The van der Waals surface area contributed by atoms with Gasteiger partial charge in [-0.3, -0.25) is 4.79 Å². The molecular weight excluding hydrogens is 382 g/mol. The molecule has 3 heterocycles. The van der Waals surface area contributed by atoms with Gasteiger partial charge < -0.3 is 10.1 Å². The van der Waals surface area contributed by atoms with Gasteiger partial charge in [-0.15, -0.1) is 0 Å². The number of carbonyl (C=O) groups is 1. The number of anilines is 1. The molecule has 1 aliphatic heterocycles. The van der Waals surface area contributed by atoms with Gasteiger partial charge in [0.25, 0.3) is 0 Å². The number of fused-ring (bicyclic) bond motifs is 1. The minimum atomic E-state index is -0.0357. The minimum absolute atomic E-state index is 0.0225. The van der Waals surface area contributed by atoms with Crippen LogP contribution in [-0.4, -0.2) is 28.1 Å². The molecule has 2 aromatic heterocycles. The monoisotopic (exact) mass is 401 g/mol. The van der Waals surface area contributed by atoms with Crippen molar-refractivity contribution in [3.05, 3.63) is 41.8 Å². The topological polar surface area (TPSA) is 64.1 Å². The summed E-state index contributed by atoms with van der Waals surface area (Å²) in [4.78, 5) is 22.1. The fraction of sp³-hybridized carbons (Fsp3) is 0.350. The first-order valence-corrected chi connectivity index (χ1v) is 10.1. The Kier molecular flexibility index (Phi) is 5.12. The summed E-state index contributed by atoms with van der Waals surface area (Å²) in [5.41, 5.74) is 1.04. The molecule has 0 saturated carbocycles. The van der Waals surface area contributed by atoms with Crippen LogP contribution in [0.4, 0.5) is 5.13 Å². The number of halogens is 1. The molecule has 7 heteroatoms. The van der Waals surface area contributed by atoms with Gasteiger partial charge >= 0.3 is 0 Å². The van der Waals surface area contributed by atoms with Gasteiger partial charge in [0.2, 0.25) is 5.91 Å². The van der Waals surface area contributed by atoms with Gasteiger partial charge in [-0.25, -0.2) is 9.97 Å². The van der Waals surface area contributed by atoms with E-state index in [1.807, 2.05) is 32.0 Å². The summed E-state index contributed by atoms with van der Waals surface area (Å²) in [6.07, 6.45) is 5.25. The summed E-state index contributed by atoms with van der Waals surface area (Å²) in [5.74, 6) is -0.0133. The van der Waals surface area contributed by atoms with E-state index in [0.717, 1.165) is 34.1 Å². The number of nitrogens with zero attached hydrogens (tertiary/aromatic N) is 2.